The average molecular weight is 457 g/mol. The minimum atomic E-state index is -0.557. The van der Waals surface area contributed by atoms with E-state index >= 15 is 0 Å². The van der Waals surface area contributed by atoms with Crippen molar-refractivity contribution in [3.8, 4) is 33.5 Å². The number of nitro benzene ring substituents is 1. The Morgan fingerprint density at radius 2 is 1.55 bits per heavy atom. The van der Waals surface area contributed by atoms with E-state index in [-0.39, 0.29) is 16.3 Å². The first-order chi connectivity index (χ1) is 16.0. The van der Waals surface area contributed by atoms with Crippen LogP contribution in [0.15, 0.2) is 83.7 Å². The molecular formula is C25H17ClN4O3. The van der Waals surface area contributed by atoms with E-state index in [1.54, 1.807) is 6.92 Å². The van der Waals surface area contributed by atoms with E-state index in [2.05, 4.69) is 10.1 Å². The van der Waals surface area contributed by atoms with Crippen molar-refractivity contribution in [1.29, 1.82) is 0 Å². The Kier molecular flexibility index (Phi) is 5.03. The SMILES string of the molecule is Cc1[nH]c2c(-c3ccccc3)c(-c3ccccc3)nn2c(=O)c1-c1ccc([N+](=O)[O-])c(Cl)c1. The molecule has 0 spiro atoms. The largest absolute Gasteiger partial charge is 0.343 e. The van der Waals surface area contributed by atoms with Gasteiger partial charge in [0.2, 0.25) is 0 Å². The quantitative estimate of drug-likeness (QED) is 0.269. The molecule has 162 valence electrons. The molecular weight excluding hydrogens is 440 g/mol. The molecule has 3 aromatic carbocycles. The predicted octanol–water partition coefficient (Wildman–Crippen LogP) is 5.89. The van der Waals surface area contributed by atoms with E-state index < -0.39 is 4.92 Å². The highest BCUT2D eigenvalue weighted by molar-refractivity contribution is 6.33. The third kappa shape index (κ3) is 3.48. The summed E-state index contributed by atoms with van der Waals surface area (Å²) in [5.41, 5.74) is 4.73. The number of hydrogen-bond donors (Lipinski definition) is 1. The number of nitro groups is 1. The Balaban J connectivity index is 1.81. The van der Waals surface area contributed by atoms with Crippen LogP contribution in [-0.2, 0) is 0 Å². The number of fused-ring (bicyclic) bond motifs is 1. The molecule has 7 nitrogen and oxygen atoms in total. The minimum Gasteiger partial charge on any atom is -0.343 e. The van der Waals surface area contributed by atoms with Crippen LogP contribution in [0.4, 0.5) is 5.69 Å². The second-order valence-corrected chi connectivity index (χ2v) is 7.98. The fourth-order valence-electron chi connectivity index (χ4n) is 4.01. The summed E-state index contributed by atoms with van der Waals surface area (Å²) in [5, 5.41) is 15.8. The lowest BCUT2D eigenvalue weighted by Gasteiger charge is -2.08. The number of aromatic amines is 1. The van der Waals surface area contributed by atoms with Crippen molar-refractivity contribution in [3.63, 3.8) is 0 Å². The molecule has 0 bridgehead atoms. The Morgan fingerprint density at radius 3 is 2.15 bits per heavy atom. The van der Waals surface area contributed by atoms with Gasteiger partial charge in [0.1, 0.15) is 16.4 Å². The van der Waals surface area contributed by atoms with Gasteiger partial charge in [-0.15, -0.1) is 0 Å². The van der Waals surface area contributed by atoms with E-state index in [1.807, 2.05) is 60.7 Å². The Bertz CT molecular complexity index is 1570. The lowest BCUT2D eigenvalue weighted by atomic mass is 10.0. The number of benzene rings is 3. The number of H-pyrrole nitrogens is 1. The van der Waals surface area contributed by atoms with Crippen LogP contribution < -0.4 is 5.56 Å². The summed E-state index contributed by atoms with van der Waals surface area (Å²) < 4.78 is 1.35. The van der Waals surface area contributed by atoms with Crippen LogP contribution in [0.5, 0.6) is 0 Å². The molecule has 1 N–H and O–H groups in total. The van der Waals surface area contributed by atoms with Crippen molar-refractivity contribution in [2.45, 2.75) is 6.92 Å². The highest BCUT2D eigenvalue weighted by Crippen LogP contribution is 2.35. The van der Waals surface area contributed by atoms with E-state index in [1.165, 1.54) is 22.7 Å². The third-order valence-electron chi connectivity index (χ3n) is 5.52. The Morgan fingerprint density at radius 1 is 0.909 bits per heavy atom. The summed E-state index contributed by atoms with van der Waals surface area (Å²) >= 11 is 6.11. The van der Waals surface area contributed by atoms with E-state index in [0.29, 0.717) is 28.2 Å². The zero-order chi connectivity index (χ0) is 23.1. The molecule has 0 amide bonds. The lowest BCUT2D eigenvalue weighted by molar-refractivity contribution is -0.384. The molecule has 33 heavy (non-hydrogen) atoms. The van der Waals surface area contributed by atoms with Gasteiger partial charge in [-0.05, 0) is 30.2 Å². The van der Waals surface area contributed by atoms with Crippen molar-refractivity contribution < 1.29 is 4.92 Å². The van der Waals surface area contributed by atoms with Gasteiger partial charge in [0.05, 0.1) is 16.1 Å². The van der Waals surface area contributed by atoms with Gasteiger partial charge >= 0.3 is 0 Å². The molecule has 2 aromatic heterocycles. The number of rotatable bonds is 4. The first-order valence-corrected chi connectivity index (χ1v) is 10.5. The number of hydrogen-bond acceptors (Lipinski definition) is 4. The molecule has 0 atom stereocenters. The maximum Gasteiger partial charge on any atom is 0.287 e. The van der Waals surface area contributed by atoms with Crippen LogP contribution in [0, 0.1) is 17.0 Å². The molecule has 0 aliphatic carbocycles. The van der Waals surface area contributed by atoms with Gasteiger partial charge < -0.3 is 4.98 Å². The molecule has 5 rings (SSSR count). The Labute approximate surface area is 193 Å². The topological polar surface area (TPSA) is 93.3 Å². The van der Waals surface area contributed by atoms with Crippen molar-refractivity contribution in [3.05, 3.63) is 110 Å². The van der Waals surface area contributed by atoms with Crippen molar-refractivity contribution >= 4 is 22.9 Å². The molecule has 0 saturated carbocycles. The maximum absolute atomic E-state index is 13.6. The molecule has 0 fully saturated rings. The molecule has 8 heteroatoms. The summed E-state index contributed by atoms with van der Waals surface area (Å²) in [6, 6.07) is 23.7. The molecule has 0 radical (unpaired) electrons. The van der Waals surface area contributed by atoms with Gasteiger partial charge in [-0.1, -0.05) is 72.3 Å². The van der Waals surface area contributed by atoms with E-state index in [0.717, 1.165) is 16.7 Å². The highest BCUT2D eigenvalue weighted by atomic mass is 35.5. The molecule has 2 heterocycles. The van der Waals surface area contributed by atoms with Crippen LogP contribution in [0.25, 0.3) is 39.2 Å². The molecule has 0 aliphatic heterocycles. The number of nitrogens with one attached hydrogen (secondary N) is 1. The smallest absolute Gasteiger partial charge is 0.287 e. The van der Waals surface area contributed by atoms with Crippen LogP contribution in [0.3, 0.4) is 0 Å². The summed E-state index contributed by atoms with van der Waals surface area (Å²) in [5.74, 6) is 0. The standard InChI is InChI=1S/C25H17ClN4O3/c1-15-21(18-12-13-20(30(32)33)19(26)14-18)25(31)29-24(27-15)22(16-8-4-2-5-9-16)23(28-29)17-10-6-3-7-11-17/h2-14,27H,1H3. The van der Waals surface area contributed by atoms with Gasteiger partial charge in [0.25, 0.3) is 11.2 Å². The fraction of sp³-hybridized carbons (Fsp3) is 0.0400. The van der Waals surface area contributed by atoms with Gasteiger partial charge in [0.15, 0.2) is 0 Å². The average Bonchev–Trinajstić information content (AvgIpc) is 3.19. The predicted molar refractivity (Wildman–Crippen MR) is 129 cm³/mol. The van der Waals surface area contributed by atoms with Crippen LogP contribution in [0.1, 0.15) is 5.69 Å². The number of aryl methyl sites for hydroxylation is 1. The van der Waals surface area contributed by atoms with Crippen LogP contribution in [0.2, 0.25) is 5.02 Å². The number of aromatic nitrogens is 3. The van der Waals surface area contributed by atoms with Gasteiger partial charge in [-0.25, -0.2) is 0 Å². The molecule has 0 aliphatic rings. The van der Waals surface area contributed by atoms with Crippen LogP contribution in [-0.4, -0.2) is 19.5 Å². The molecule has 0 unspecified atom stereocenters. The summed E-state index contributed by atoms with van der Waals surface area (Å²) in [7, 11) is 0. The van der Waals surface area contributed by atoms with Crippen molar-refractivity contribution in [2.24, 2.45) is 0 Å². The fourth-order valence-corrected chi connectivity index (χ4v) is 4.26. The second kappa shape index (κ2) is 8.03. The third-order valence-corrected chi connectivity index (χ3v) is 5.82. The monoisotopic (exact) mass is 456 g/mol. The highest BCUT2D eigenvalue weighted by Gasteiger charge is 2.22. The van der Waals surface area contributed by atoms with Crippen molar-refractivity contribution in [2.75, 3.05) is 0 Å². The summed E-state index contributed by atoms with van der Waals surface area (Å²) in [6.07, 6.45) is 0. The van der Waals surface area contributed by atoms with Crippen LogP contribution >= 0.6 is 11.6 Å². The first kappa shape index (κ1) is 20.7. The summed E-state index contributed by atoms with van der Waals surface area (Å²) in [4.78, 5) is 27.5. The second-order valence-electron chi connectivity index (χ2n) is 7.57. The Hall–Kier alpha value is -4.23. The lowest BCUT2D eigenvalue weighted by Crippen LogP contribution is -2.19. The molecule has 0 saturated heterocycles. The zero-order valence-electron chi connectivity index (χ0n) is 17.4. The minimum absolute atomic E-state index is 0.0354. The van der Waals surface area contributed by atoms with Gasteiger partial charge in [0, 0.05) is 17.3 Å². The molecule has 5 aromatic rings. The maximum atomic E-state index is 13.6. The first-order valence-electron chi connectivity index (χ1n) is 10.2. The normalized spacial score (nSPS) is 11.1. The number of nitrogens with zero attached hydrogens (tertiary/aromatic N) is 3. The number of halogens is 1. The van der Waals surface area contributed by atoms with Gasteiger partial charge in [-0.3, -0.25) is 14.9 Å². The van der Waals surface area contributed by atoms with E-state index in [4.69, 9.17) is 11.6 Å². The van der Waals surface area contributed by atoms with Gasteiger partial charge in [-0.2, -0.15) is 9.61 Å². The summed E-state index contributed by atoms with van der Waals surface area (Å²) in [6.45, 7) is 1.79. The zero-order valence-corrected chi connectivity index (χ0v) is 18.2. The van der Waals surface area contributed by atoms with Crippen molar-refractivity contribution in [1.82, 2.24) is 14.6 Å². The van der Waals surface area contributed by atoms with E-state index in [9.17, 15) is 14.9 Å².